The predicted octanol–water partition coefficient (Wildman–Crippen LogP) is 2.57. The van der Waals surface area contributed by atoms with E-state index < -0.39 is 0 Å². The van der Waals surface area contributed by atoms with Gasteiger partial charge in [0.2, 0.25) is 5.91 Å². The number of rotatable bonds is 3. The van der Waals surface area contributed by atoms with E-state index in [9.17, 15) is 4.79 Å². The molecule has 1 aromatic carbocycles. The fourth-order valence-electron chi connectivity index (χ4n) is 1.78. The van der Waals surface area contributed by atoms with Crippen molar-refractivity contribution in [2.45, 2.75) is 30.5 Å². The molecule has 0 bridgehead atoms. The van der Waals surface area contributed by atoms with Crippen LogP contribution >= 0.6 is 11.8 Å². The first-order valence-electron chi connectivity index (χ1n) is 5.89. The number of nitrogens with one attached hydrogen (secondary N) is 1. The van der Waals surface area contributed by atoms with Gasteiger partial charge in [-0.25, -0.2) is 0 Å². The summed E-state index contributed by atoms with van der Waals surface area (Å²) in [5.41, 5.74) is 2.20. The molecule has 0 radical (unpaired) electrons. The number of carbonyl (C=O) groups is 1. The largest absolute Gasteiger partial charge is 0.324 e. The van der Waals surface area contributed by atoms with E-state index in [1.165, 1.54) is 10.5 Å². The van der Waals surface area contributed by atoms with Crippen LogP contribution in [0, 0.1) is 0 Å². The minimum Gasteiger partial charge on any atom is -0.324 e. The molecule has 0 aliphatic carbocycles. The number of amides is 1. The van der Waals surface area contributed by atoms with Gasteiger partial charge >= 0.3 is 0 Å². The second-order valence-electron chi connectivity index (χ2n) is 4.41. The molecule has 4 heteroatoms. The van der Waals surface area contributed by atoms with Crippen molar-refractivity contribution in [1.29, 1.82) is 0 Å². The number of benzene rings is 1. The van der Waals surface area contributed by atoms with Crippen LogP contribution in [0.25, 0.3) is 0 Å². The van der Waals surface area contributed by atoms with Gasteiger partial charge < -0.3 is 10.2 Å². The Labute approximate surface area is 107 Å². The first-order chi connectivity index (χ1) is 8.10. The van der Waals surface area contributed by atoms with E-state index in [-0.39, 0.29) is 11.2 Å². The number of thioether (sulfide) groups is 1. The lowest BCUT2D eigenvalue weighted by atomic mass is 10.2. The summed E-state index contributed by atoms with van der Waals surface area (Å²) < 4.78 is 0. The summed E-state index contributed by atoms with van der Waals surface area (Å²) in [5, 5.41) is 2.97. The molecule has 92 valence electrons. The molecular weight excluding hydrogens is 232 g/mol. The molecule has 0 fully saturated rings. The Morgan fingerprint density at radius 3 is 2.94 bits per heavy atom. The number of carbonyl (C=O) groups excluding carboxylic acids is 1. The van der Waals surface area contributed by atoms with Gasteiger partial charge in [0.15, 0.2) is 0 Å². The number of nitrogens with zero attached hydrogens (tertiary/aromatic N) is 1. The van der Waals surface area contributed by atoms with Crippen LogP contribution in [0.5, 0.6) is 0 Å². The summed E-state index contributed by atoms with van der Waals surface area (Å²) in [4.78, 5) is 15.0. The number of fused-ring (bicyclic) bond motifs is 1. The molecule has 1 aliphatic heterocycles. The van der Waals surface area contributed by atoms with Crippen molar-refractivity contribution in [3.05, 3.63) is 23.8 Å². The van der Waals surface area contributed by atoms with Gasteiger partial charge in [0.25, 0.3) is 0 Å². The van der Waals surface area contributed by atoms with Gasteiger partial charge in [-0.05, 0) is 38.2 Å². The van der Waals surface area contributed by atoms with Gasteiger partial charge in [0, 0.05) is 11.4 Å². The van der Waals surface area contributed by atoms with Crippen LogP contribution in [-0.2, 0) is 11.3 Å². The van der Waals surface area contributed by atoms with Crippen molar-refractivity contribution >= 4 is 23.4 Å². The van der Waals surface area contributed by atoms with Crippen LogP contribution in [0.15, 0.2) is 23.1 Å². The first-order valence-corrected chi connectivity index (χ1v) is 6.77. The molecule has 0 aromatic heterocycles. The van der Waals surface area contributed by atoms with Crippen LogP contribution in [0.1, 0.15) is 19.4 Å². The Hall–Kier alpha value is -1.000. The molecule has 1 unspecified atom stereocenters. The molecule has 0 saturated carbocycles. The summed E-state index contributed by atoms with van der Waals surface area (Å²) in [6.45, 7) is 6.01. The quantitative estimate of drug-likeness (QED) is 0.895. The van der Waals surface area contributed by atoms with Crippen molar-refractivity contribution < 1.29 is 4.79 Å². The Kier molecular flexibility index (Phi) is 3.74. The second kappa shape index (κ2) is 5.10. The van der Waals surface area contributed by atoms with Gasteiger partial charge in [-0.3, -0.25) is 4.79 Å². The van der Waals surface area contributed by atoms with Gasteiger partial charge in [-0.1, -0.05) is 13.0 Å². The van der Waals surface area contributed by atoms with E-state index in [2.05, 4.69) is 42.4 Å². The summed E-state index contributed by atoms with van der Waals surface area (Å²) >= 11 is 1.63. The third-order valence-electron chi connectivity index (χ3n) is 2.97. The molecule has 1 heterocycles. The lowest BCUT2D eigenvalue weighted by Crippen LogP contribution is -2.26. The van der Waals surface area contributed by atoms with E-state index in [4.69, 9.17) is 0 Å². The Morgan fingerprint density at radius 2 is 2.24 bits per heavy atom. The molecule has 1 atom stereocenters. The minimum absolute atomic E-state index is 0.00617. The van der Waals surface area contributed by atoms with Crippen molar-refractivity contribution in [2.75, 3.05) is 18.9 Å². The predicted molar refractivity (Wildman–Crippen MR) is 72.4 cm³/mol. The highest BCUT2D eigenvalue weighted by Crippen LogP contribution is 2.35. The van der Waals surface area contributed by atoms with E-state index in [1.54, 1.807) is 11.8 Å². The molecule has 2 rings (SSSR count). The topological polar surface area (TPSA) is 32.3 Å². The minimum atomic E-state index is 0.00617. The lowest BCUT2D eigenvalue weighted by Gasteiger charge is -2.22. The standard InChI is InChI=1S/C13H18N2OS/c1-4-15(3)8-10-5-6-12-11(7-10)14-13(16)9(2)17-12/h5-7,9H,4,8H2,1-3H3,(H,14,16). The molecule has 1 amide bonds. The summed E-state index contributed by atoms with van der Waals surface area (Å²) in [5.74, 6) is 0.100. The zero-order valence-electron chi connectivity index (χ0n) is 10.5. The van der Waals surface area contributed by atoms with Crippen LogP contribution in [0.4, 0.5) is 5.69 Å². The molecule has 1 N–H and O–H groups in total. The highest BCUT2D eigenvalue weighted by Gasteiger charge is 2.22. The highest BCUT2D eigenvalue weighted by molar-refractivity contribution is 8.00. The van der Waals surface area contributed by atoms with Crippen LogP contribution in [0.2, 0.25) is 0 Å². The Bertz CT molecular complexity index is 433. The zero-order chi connectivity index (χ0) is 12.4. The number of anilines is 1. The van der Waals surface area contributed by atoms with Gasteiger partial charge in [0.05, 0.1) is 10.9 Å². The molecule has 0 saturated heterocycles. The molecule has 0 spiro atoms. The number of hydrogen-bond donors (Lipinski definition) is 1. The third kappa shape index (κ3) is 2.82. The molecular formula is C13H18N2OS. The highest BCUT2D eigenvalue weighted by atomic mass is 32.2. The summed E-state index contributed by atoms with van der Waals surface area (Å²) in [6.07, 6.45) is 0. The Morgan fingerprint density at radius 1 is 1.47 bits per heavy atom. The molecule has 1 aromatic rings. The number of hydrogen-bond acceptors (Lipinski definition) is 3. The van der Waals surface area contributed by atoms with Crippen molar-refractivity contribution in [3.63, 3.8) is 0 Å². The normalized spacial score (nSPS) is 19.1. The fourth-order valence-corrected chi connectivity index (χ4v) is 2.71. The van der Waals surface area contributed by atoms with E-state index >= 15 is 0 Å². The van der Waals surface area contributed by atoms with E-state index in [0.717, 1.165) is 18.8 Å². The van der Waals surface area contributed by atoms with Crippen molar-refractivity contribution in [1.82, 2.24) is 4.90 Å². The fraction of sp³-hybridized carbons (Fsp3) is 0.462. The molecule has 1 aliphatic rings. The third-order valence-corrected chi connectivity index (χ3v) is 4.14. The SMILES string of the molecule is CCN(C)Cc1ccc2c(c1)NC(=O)C(C)S2. The van der Waals surface area contributed by atoms with Gasteiger partial charge in [-0.2, -0.15) is 0 Å². The second-order valence-corrected chi connectivity index (χ2v) is 5.79. The maximum Gasteiger partial charge on any atom is 0.237 e. The smallest absolute Gasteiger partial charge is 0.237 e. The first kappa shape index (κ1) is 12.5. The maximum absolute atomic E-state index is 11.6. The summed E-state index contributed by atoms with van der Waals surface area (Å²) in [7, 11) is 2.09. The van der Waals surface area contributed by atoms with Gasteiger partial charge in [0.1, 0.15) is 0 Å². The zero-order valence-corrected chi connectivity index (χ0v) is 11.3. The van der Waals surface area contributed by atoms with E-state index in [0.29, 0.717) is 0 Å². The monoisotopic (exact) mass is 250 g/mol. The van der Waals surface area contributed by atoms with Crippen molar-refractivity contribution in [3.8, 4) is 0 Å². The lowest BCUT2D eigenvalue weighted by molar-refractivity contribution is -0.115. The van der Waals surface area contributed by atoms with Crippen molar-refractivity contribution in [2.24, 2.45) is 0 Å². The Balaban J connectivity index is 2.19. The van der Waals surface area contributed by atoms with Crippen LogP contribution < -0.4 is 5.32 Å². The average Bonchev–Trinajstić information content (AvgIpc) is 2.31. The molecule has 17 heavy (non-hydrogen) atoms. The van der Waals surface area contributed by atoms with E-state index in [1.807, 2.05) is 6.92 Å². The summed E-state index contributed by atoms with van der Waals surface area (Å²) in [6, 6.07) is 6.33. The van der Waals surface area contributed by atoms with Crippen LogP contribution in [-0.4, -0.2) is 29.6 Å². The maximum atomic E-state index is 11.6. The van der Waals surface area contributed by atoms with Crippen LogP contribution in [0.3, 0.4) is 0 Å². The molecule has 3 nitrogen and oxygen atoms in total. The van der Waals surface area contributed by atoms with Gasteiger partial charge in [-0.15, -0.1) is 11.8 Å². The average molecular weight is 250 g/mol.